The Morgan fingerprint density at radius 2 is 2.21 bits per heavy atom. The number of carbonyl (C=O) groups is 1. The number of ether oxygens (including phenoxy) is 1. The molecule has 1 aliphatic heterocycles. The monoisotopic (exact) mass is 335 g/mol. The number of hydrogen-bond acceptors (Lipinski definition) is 4. The van der Waals surface area contributed by atoms with Crippen LogP contribution < -0.4 is 5.32 Å². The highest BCUT2D eigenvalue weighted by Crippen LogP contribution is 2.18. The zero-order chi connectivity index (χ0) is 17.4. The maximum atomic E-state index is 11.6. The van der Waals surface area contributed by atoms with Crippen LogP contribution >= 0.6 is 0 Å². The third-order valence-electron chi connectivity index (χ3n) is 4.27. The summed E-state index contributed by atoms with van der Waals surface area (Å²) in [5.41, 5.74) is 0. The maximum absolute atomic E-state index is 11.6. The van der Waals surface area contributed by atoms with Crippen molar-refractivity contribution in [2.75, 3.05) is 33.3 Å². The molecule has 1 aliphatic rings. The third-order valence-corrected chi connectivity index (χ3v) is 4.27. The van der Waals surface area contributed by atoms with E-state index in [2.05, 4.69) is 29.2 Å². The second-order valence-electron chi connectivity index (χ2n) is 6.31. The molecule has 134 valence electrons. The lowest BCUT2D eigenvalue weighted by atomic mass is 9.97. The van der Waals surface area contributed by atoms with Gasteiger partial charge in [0.15, 0.2) is 5.96 Å². The quantitative estimate of drug-likeness (QED) is 0.483. The summed E-state index contributed by atoms with van der Waals surface area (Å²) in [6.45, 7) is 8.36. The first-order chi connectivity index (χ1) is 11.6. The van der Waals surface area contributed by atoms with Gasteiger partial charge in [0.25, 0.3) is 0 Å². The SMILES string of the molecule is CCNC(=NCC(C)Cn1cccn1)N1CCC(C(=O)OC)CC1. The number of nitrogens with one attached hydrogen (secondary N) is 1. The molecule has 7 nitrogen and oxygen atoms in total. The van der Waals surface area contributed by atoms with E-state index in [1.807, 2.05) is 16.9 Å². The summed E-state index contributed by atoms with van der Waals surface area (Å²) in [7, 11) is 1.46. The minimum Gasteiger partial charge on any atom is -0.469 e. The molecule has 0 amide bonds. The van der Waals surface area contributed by atoms with Gasteiger partial charge in [-0.1, -0.05) is 6.92 Å². The largest absolute Gasteiger partial charge is 0.469 e. The van der Waals surface area contributed by atoms with Gasteiger partial charge >= 0.3 is 5.97 Å². The highest BCUT2D eigenvalue weighted by molar-refractivity contribution is 5.80. The van der Waals surface area contributed by atoms with Crippen LogP contribution in [-0.2, 0) is 16.1 Å². The van der Waals surface area contributed by atoms with E-state index in [-0.39, 0.29) is 11.9 Å². The first kappa shape index (κ1) is 18.3. The van der Waals surface area contributed by atoms with Crippen molar-refractivity contribution in [3.63, 3.8) is 0 Å². The standard InChI is InChI=1S/C17H29N5O2/c1-4-18-17(19-12-14(2)13-22-9-5-8-20-22)21-10-6-15(7-11-21)16(23)24-3/h5,8-9,14-15H,4,6-7,10-13H2,1-3H3,(H,18,19). The number of esters is 1. The topological polar surface area (TPSA) is 71.8 Å². The Hall–Kier alpha value is -2.05. The predicted octanol–water partition coefficient (Wildman–Crippen LogP) is 1.37. The molecule has 2 rings (SSSR count). The minimum absolute atomic E-state index is 0.0212. The Morgan fingerprint density at radius 1 is 1.46 bits per heavy atom. The molecular formula is C17H29N5O2. The number of likely N-dealkylation sites (tertiary alicyclic amines) is 1. The summed E-state index contributed by atoms with van der Waals surface area (Å²) in [6, 6.07) is 1.94. The molecule has 0 saturated carbocycles. The van der Waals surface area contributed by atoms with Crippen LogP contribution in [0.3, 0.4) is 0 Å². The van der Waals surface area contributed by atoms with Crippen LogP contribution in [0.2, 0.25) is 0 Å². The van der Waals surface area contributed by atoms with Crippen molar-refractivity contribution in [1.29, 1.82) is 0 Å². The summed E-state index contributed by atoms with van der Waals surface area (Å²) in [6.07, 6.45) is 5.41. The zero-order valence-corrected chi connectivity index (χ0v) is 14.9. The number of carbonyl (C=O) groups excluding carboxylic acids is 1. The fourth-order valence-corrected chi connectivity index (χ4v) is 2.95. The molecule has 0 aromatic carbocycles. The second-order valence-corrected chi connectivity index (χ2v) is 6.31. The maximum Gasteiger partial charge on any atom is 0.308 e. The van der Waals surface area contributed by atoms with Crippen LogP contribution in [0.1, 0.15) is 26.7 Å². The van der Waals surface area contributed by atoms with Gasteiger partial charge in [-0.25, -0.2) is 0 Å². The van der Waals surface area contributed by atoms with Crippen LogP contribution in [0, 0.1) is 11.8 Å². The van der Waals surface area contributed by atoms with Crippen LogP contribution in [0.5, 0.6) is 0 Å². The molecule has 0 radical (unpaired) electrons. The first-order valence-corrected chi connectivity index (χ1v) is 8.72. The highest BCUT2D eigenvalue weighted by atomic mass is 16.5. The lowest BCUT2D eigenvalue weighted by Crippen LogP contribution is -2.46. The molecule has 1 unspecified atom stereocenters. The molecular weight excluding hydrogens is 306 g/mol. The summed E-state index contributed by atoms with van der Waals surface area (Å²) in [5.74, 6) is 1.27. The lowest BCUT2D eigenvalue weighted by Gasteiger charge is -2.33. The molecule has 1 saturated heterocycles. The van der Waals surface area contributed by atoms with E-state index in [0.29, 0.717) is 5.92 Å². The molecule has 1 fully saturated rings. The van der Waals surface area contributed by atoms with Gasteiger partial charge in [-0.05, 0) is 31.7 Å². The molecule has 1 aromatic heterocycles. The normalized spacial score (nSPS) is 17.6. The van der Waals surface area contributed by atoms with Gasteiger partial charge in [0.05, 0.1) is 13.0 Å². The number of guanidine groups is 1. The van der Waals surface area contributed by atoms with E-state index in [0.717, 1.165) is 51.5 Å². The smallest absolute Gasteiger partial charge is 0.308 e. The molecule has 0 bridgehead atoms. The van der Waals surface area contributed by atoms with Gasteiger partial charge in [0.1, 0.15) is 0 Å². The van der Waals surface area contributed by atoms with E-state index in [9.17, 15) is 4.79 Å². The fourth-order valence-electron chi connectivity index (χ4n) is 2.95. The Kier molecular flexibility index (Phi) is 7.08. The Labute approximate surface area is 144 Å². The molecule has 1 atom stereocenters. The summed E-state index contributed by atoms with van der Waals surface area (Å²) < 4.78 is 6.79. The summed E-state index contributed by atoms with van der Waals surface area (Å²) in [5, 5.41) is 7.60. The summed E-state index contributed by atoms with van der Waals surface area (Å²) in [4.78, 5) is 18.7. The van der Waals surface area contributed by atoms with E-state index < -0.39 is 0 Å². The van der Waals surface area contributed by atoms with Crippen LogP contribution in [-0.4, -0.2) is 59.9 Å². The number of piperidine rings is 1. The molecule has 0 aliphatic carbocycles. The van der Waals surface area contributed by atoms with Gasteiger partial charge in [0.2, 0.25) is 0 Å². The van der Waals surface area contributed by atoms with E-state index in [1.54, 1.807) is 6.20 Å². The average Bonchev–Trinajstić information content (AvgIpc) is 3.11. The number of methoxy groups -OCH3 is 1. The zero-order valence-electron chi connectivity index (χ0n) is 14.9. The molecule has 1 N–H and O–H groups in total. The van der Waals surface area contributed by atoms with Gasteiger partial charge in [-0.3, -0.25) is 14.5 Å². The highest BCUT2D eigenvalue weighted by Gasteiger charge is 2.26. The number of rotatable bonds is 6. The van der Waals surface area contributed by atoms with Gasteiger partial charge in [-0.2, -0.15) is 5.10 Å². The number of aromatic nitrogens is 2. The van der Waals surface area contributed by atoms with Crippen LogP contribution in [0.4, 0.5) is 0 Å². The average molecular weight is 335 g/mol. The second kappa shape index (κ2) is 9.30. The van der Waals surface area contributed by atoms with Gasteiger partial charge in [0, 0.05) is 45.1 Å². The number of nitrogens with zero attached hydrogens (tertiary/aromatic N) is 4. The van der Waals surface area contributed by atoms with Crippen molar-refractivity contribution >= 4 is 11.9 Å². The first-order valence-electron chi connectivity index (χ1n) is 8.72. The van der Waals surface area contributed by atoms with Crippen molar-refractivity contribution in [3.8, 4) is 0 Å². The van der Waals surface area contributed by atoms with Crippen LogP contribution in [0.15, 0.2) is 23.5 Å². The number of aliphatic imine (C=N–C) groups is 1. The summed E-state index contributed by atoms with van der Waals surface area (Å²) >= 11 is 0. The molecule has 1 aromatic rings. The van der Waals surface area contributed by atoms with Crippen molar-refractivity contribution < 1.29 is 9.53 Å². The molecule has 24 heavy (non-hydrogen) atoms. The molecule has 7 heteroatoms. The van der Waals surface area contributed by atoms with Crippen molar-refractivity contribution in [1.82, 2.24) is 20.0 Å². The van der Waals surface area contributed by atoms with E-state index >= 15 is 0 Å². The van der Waals surface area contributed by atoms with E-state index in [1.165, 1.54) is 7.11 Å². The van der Waals surface area contributed by atoms with E-state index in [4.69, 9.17) is 9.73 Å². The predicted molar refractivity (Wildman–Crippen MR) is 93.7 cm³/mol. The third kappa shape index (κ3) is 5.25. The molecule has 0 spiro atoms. The van der Waals surface area contributed by atoms with Crippen molar-refractivity contribution in [2.24, 2.45) is 16.8 Å². The fraction of sp³-hybridized carbons (Fsp3) is 0.706. The van der Waals surface area contributed by atoms with Gasteiger partial charge in [-0.15, -0.1) is 0 Å². The van der Waals surface area contributed by atoms with Crippen LogP contribution in [0.25, 0.3) is 0 Å². The molecule has 2 heterocycles. The Bertz CT molecular complexity index is 521. The number of hydrogen-bond donors (Lipinski definition) is 1. The Balaban J connectivity index is 1.87. The van der Waals surface area contributed by atoms with Crippen molar-refractivity contribution in [2.45, 2.75) is 33.2 Å². The minimum atomic E-state index is -0.0931. The Morgan fingerprint density at radius 3 is 2.79 bits per heavy atom. The lowest BCUT2D eigenvalue weighted by molar-refractivity contribution is -0.146. The van der Waals surface area contributed by atoms with Gasteiger partial charge < -0.3 is 15.0 Å². The van der Waals surface area contributed by atoms with Crippen molar-refractivity contribution in [3.05, 3.63) is 18.5 Å².